The van der Waals surface area contributed by atoms with E-state index in [2.05, 4.69) is 26.2 Å². The zero-order valence-corrected chi connectivity index (χ0v) is 10.4. The topological polar surface area (TPSA) is 24.9 Å². The van der Waals surface area contributed by atoms with Crippen molar-refractivity contribution in [2.75, 3.05) is 5.32 Å². The fourth-order valence-electron chi connectivity index (χ4n) is 1.21. The lowest BCUT2D eigenvalue weighted by Crippen LogP contribution is -1.92. The molecule has 1 aromatic heterocycles. The monoisotopic (exact) mass is 300 g/mol. The Bertz CT molecular complexity index is 519. The third kappa shape index (κ3) is 2.51. The standard InChI is InChI=1S/C11H7BrClFN2/c12-8-6-15-4-3-11(8)16-7-1-2-9(13)10(14)5-7/h1-6H,(H,15,16). The highest BCUT2D eigenvalue weighted by molar-refractivity contribution is 9.10. The second-order valence-corrected chi connectivity index (χ2v) is 4.37. The van der Waals surface area contributed by atoms with E-state index < -0.39 is 5.82 Å². The van der Waals surface area contributed by atoms with Crippen molar-refractivity contribution in [3.8, 4) is 0 Å². The number of aromatic nitrogens is 1. The second-order valence-electron chi connectivity index (χ2n) is 3.11. The Balaban J connectivity index is 2.28. The van der Waals surface area contributed by atoms with Crippen molar-refractivity contribution in [1.82, 2.24) is 4.98 Å². The van der Waals surface area contributed by atoms with Gasteiger partial charge in [-0.1, -0.05) is 11.6 Å². The van der Waals surface area contributed by atoms with Gasteiger partial charge in [0.1, 0.15) is 5.82 Å². The minimum atomic E-state index is -0.447. The summed E-state index contributed by atoms with van der Waals surface area (Å²) in [6.07, 6.45) is 3.31. The maximum Gasteiger partial charge on any atom is 0.143 e. The van der Waals surface area contributed by atoms with Gasteiger partial charge in [0.15, 0.2) is 0 Å². The molecule has 0 radical (unpaired) electrons. The van der Waals surface area contributed by atoms with Crippen LogP contribution >= 0.6 is 27.5 Å². The molecule has 2 nitrogen and oxygen atoms in total. The summed E-state index contributed by atoms with van der Waals surface area (Å²) in [5.74, 6) is -0.447. The summed E-state index contributed by atoms with van der Waals surface area (Å²) in [6.45, 7) is 0. The number of halogens is 3. The van der Waals surface area contributed by atoms with Gasteiger partial charge in [-0.3, -0.25) is 4.98 Å². The van der Waals surface area contributed by atoms with Crippen LogP contribution in [0.1, 0.15) is 0 Å². The minimum absolute atomic E-state index is 0.111. The lowest BCUT2D eigenvalue weighted by molar-refractivity contribution is 0.629. The van der Waals surface area contributed by atoms with Gasteiger partial charge in [0.25, 0.3) is 0 Å². The summed E-state index contributed by atoms with van der Waals surface area (Å²) in [5.41, 5.74) is 1.45. The Morgan fingerprint density at radius 1 is 1.31 bits per heavy atom. The molecule has 0 saturated carbocycles. The highest BCUT2D eigenvalue weighted by atomic mass is 79.9. The molecule has 1 aromatic carbocycles. The van der Waals surface area contributed by atoms with Crippen LogP contribution in [0.25, 0.3) is 0 Å². The number of nitrogens with zero attached hydrogens (tertiary/aromatic N) is 1. The van der Waals surface area contributed by atoms with Crippen LogP contribution in [0.3, 0.4) is 0 Å². The quantitative estimate of drug-likeness (QED) is 0.890. The Morgan fingerprint density at radius 2 is 2.12 bits per heavy atom. The van der Waals surface area contributed by atoms with E-state index in [4.69, 9.17) is 11.6 Å². The van der Waals surface area contributed by atoms with Crippen LogP contribution in [0, 0.1) is 5.82 Å². The van der Waals surface area contributed by atoms with Crippen LogP contribution in [0.4, 0.5) is 15.8 Å². The third-order valence-corrected chi connectivity index (χ3v) is 2.91. The Labute approximate surface area is 106 Å². The molecule has 2 rings (SSSR count). The van der Waals surface area contributed by atoms with Crippen LogP contribution in [0.2, 0.25) is 5.02 Å². The van der Waals surface area contributed by atoms with E-state index in [1.807, 2.05) is 0 Å². The fourth-order valence-corrected chi connectivity index (χ4v) is 1.67. The Kier molecular flexibility index (Phi) is 3.41. The molecule has 0 fully saturated rings. The first-order chi connectivity index (χ1) is 7.66. The van der Waals surface area contributed by atoms with Crippen molar-refractivity contribution in [3.63, 3.8) is 0 Å². The second kappa shape index (κ2) is 4.80. The molecule has 0 unspecified atom stereocenters. The molecule has 1 heterocycles. The Morgan fingerprint density at radius 3 is 2.81 bits per heavy atom. The molecule has 0 atom stereocenters. The van der Waals surface area contributed by atoms with Gasteiger partial charge in [-0.05, 0) is 40.2 Å². The van der Waals surface area contributed by atoms with Crippen molar-refractivity contribution in [2.24, 2.45) is 0 Å². The minimum Gasteiger partial charge on any atom is -0.354 e. The van der Waals surface area contributed by atoms with Crippen LogP contribution in [0.15, 0.2) is 41.1 Å². The van der Waals surface area contributed by atoms with E-state index in [1.165, 1.54) is 12.1 Å². The molecule has 0 aliphatic carbocycles. The molecule has 0 aliphatic heterocycles. The number of hydrogen-bond donors (Lipinski definition) is 1. The van der Waals surface area contributed by atoms with Crippen molar-refractivity contribution >= 4 is 38.9 Å². The van der Waals surface area contributed by atoms with Gasteiger partial charge < -0.3 is 5.32 Å². The van der Waals surface area contributed by atoms with E-state index in [9.17, 15) is 4.39 Å². The first-order valence-electron chi connectivity index (χ1n) is 4.48. The first kappa shape index (κ1) is 11.4. The average Bonchev–Trinajstić information content (AvgIpc) is 2.27. The molecular formula is C11H7BrClFN2. The molecule has 2 aromatic rings. The van der Waals surface area contributed by atoms with Crippen LogP contribution in [-0.4, -0.2) is 4.98 Å². The van der Waals surface area contributed by atoms with E-state index in [1.54, 1.807) is 24.5 Å². The van der Waals surface area contributed by atoms with Crippen molar-refractivity contribution in [1.29, 1.82) is 0 Å². The van der Waals surface area contributed by atoms with Crippen molar-refractivity contribution in [3.05, 3.63) is 52.0 Å². The summed E-state index contributed by atoms with van der Waals surface area (Å²) < 4.78 is 14.0. The molecule has 5 heteroatoms. The molecule has 0 amide bonds. The number of pyridine rings is 1. The molecule has 1 N–H and O–H groups in total. The summed E-state index contributed by atoms with van der Waals surface area (Å²) in [6, 6.07) is 6.35. The van der Waals surface area contributed by atoms with Gasteiger partial charge in [0.2, 0.25) is 0 Å². The molecule has 0 saturated heterocycles. The smallest absolute Gasteiger partial charge is 0.143 e. The molecule has 82 valence electrons. The first-order valence-corrected chi connectivity index (χ1v) is 5.65. The largest absolute Gasteiger partial charge is 0.354 e. The van der Waals surface area contributed by atoms with Gasteiger partial charge in [-0.25, -0.2) is 4.39 Å². The van der Waals surface area contributed by atoms with E-state index in [-0.39, 0.29) is 5.02 Å². The lowest BCUT2D eigenvalue weighted by atomic mass is 10.3. The van der Waals surface area contributed by atoms with Gasteiger partial charge >= 0.3 is 0 Å². The third-order valence-electron chi connectivity index (χ3n) is 1.97. The van der Waals surface area contributed by atoms with E-state index in [0.717, 1.165) is 10.2 Å². The number of rotatable bonds is 2. The average molecular weight is 302 g/mol. The maximum absolute atomic E-state index is 13.2. The van der Waals surface area contributed by atoms with Gasteiger partial charge in [-0.2, -0.15) is 0 Å². The highest BCUT2D eigenvalue weighted by Gasteiger charge is 2.03. The zero-order valence-electron chi connectivity index (χ0n) is 8.05. The Hall–Kier alpha value is -1.13. The molecule has 0 bridgehead atoms. The van der Waals surface area contributed by atoms with Crippen molar-refractivity contribution < 1.29 is 4.39 Å². The molecule has 16 heavy (non-hydrogen) atoms. The summed E-state index contributed by atoms with van der Waals surface area (Å²) in [5, 5.41) is 3.17. The summed E-state index contributed by atoms with van der Waals surface area (Å²) >= 11 is 8.93. The highest BCUT2D eigenvalue weighted by Crippen LogP contribution is 2.26. The fraction of sp³-hybridized carbons (Fsp3) is 0. The van der Waals surface area contributed by atoms with Gasteiger partial charge in [0, 0.05) is 18.1 Å². The van der Waals surface area contributed by atoms with Crippen LogP contribution in [0.5, 0.6) is 0 Å². The molecule has 0 aliphatic rings. The van der Waals surface area contributed by atoms with Crippen LogP contribution < -0.4 is 5.32 Å². The van der Waals surface area contributed by atoms with Crippen LogP contribution in [-0.2, 0) is 0 Å². The van der Waals surface area contributed by atoms with Gasteiger partial charge in [0.05, 0.1) is 15.2 Å². The molecule has 0 spiro atoms. The number of hydrogen-bond acceptors (Lipinski definition) is 2. The van der Waals surface area contributed by atoms with Crippen molar-refractivity contribution in [2.45, 2.75) is 0 Å². The van der Waals surface area contributed by atoms with E-state index >= 15 is 0 Å². The number of nitrogens with one attached hydrogen (secondary N) is 1. The van der Waals surface area contributed by atoms with E-state index in [0.29, 0.717) is 5.69 Å². The van der Waals surface area contributed by atoms with Gasteiger partial charge in [-0.15, -0.1) is 0 Å². The SMILES string of the molecule is Fc1cc(Nc2ccncc2Br)ccc1Cl. The predicted octanol–water partition coefficient (Wildman–Crippen LogP) is 4.38. The lowest BCUT2D eigenvalue weighted by Gasteiger charge is -2.08. The maximum atomic E-state index is 13.2. The normalized spacial score (nSPS) is 10.2. The predicted molar refractivity (Wildman–Crippen MR) is 66.6 cm³/mol. The zero-order chi connectivity index (χ0) is 11.5. The molecular weight excluding hydrogens is 294 g/mol. The number of benzene rings is 1. The summed E-state index contributed by atoms with van der Waals surface area (Å²) in [4.78, 5) is 3.94. The summed E-state index contributed by atoms with van der Waals surface area (Å²) in [7, 11) is 0. The number of anilines is 2.